The van der Waals surface area contributed by atoms with E-state index in [0.29, 0.717) is 13.2 Å². The van der Waals surface area contributed by atoms with E-state index >= 15 is 0 Å². The maximum absolute atomic E-state index is 11.7. The standard InChI is InChI=1S/C12H22N2O4/c1-12(2,3)9(10(15)16)14-11(17)13-8-4-6-18-7-5-8/h8-9H,4-7H2,1-3H3,(H,15,16)(H2,13,14,17)/t9-/m0/s1. The molecule has 1 atom stereocenters. The SMILES string of the molecule is CC(C)(C)[C@@H](NC(=O)NC1CCOCC1)C(=O)O. The van der Waals surface area contributed by atoms with Crippen LogP contribution in [0.4, 0.5) is 4.79 Å². The van der Waals surface area contributed by atoms with Crippen molar-refractivity contribution in [3.8, 4) is 0 Å². The molecule has 0 radical (unpaired) electrons. The Morgan fingerprint density at radius 1 is 1.28 bits per heavy atom. The number of amides is 2. The first kappa shape index (κ1) is 14.8. The minimum atomic E-state index is -1.02. The highest BCUT2D eigenvalue weighted by Crippen LogP contribution is 2.19. The van der Waals surface area contributed by atoms with Gasteiger partial charge in [0, 0.05) is 19.3 Å². The van der Waals surface area contributed by atoms with Gasteiger partial charge in [0.2, 0.25) is 0 Å². The molecule has 0 spiro atoms. The van der Waals surface area contributed by atoms with Gasteiger partial charge in [0.05, 0.1) is 0 Å². The summed E-state index contributed by atoms with van der Waals surface area (Å²) in [6.07, 6.45) is 1.53. The number of carboxylic acid groups (broad SMARTS) is 1. The molecule has 1 fully saturated rings. The molecule has 6 nitrogen and oxygen atoms in total. The molecule has 18 heavy (non-hydrogen) atoms. The van der Waals surface area contributed by atoms with Crippen molar-refractivity contribution in [2.45, 2.75) is 45.7 Å². The zero-order valence-corrected chi connectivity index (χ0v) is 11.2. The predicted molar refractivity (Wildman–Crippen MR) is 66.4 cm³/mol. The van der Waals surface area contributed by atoms with Gasteiger partial charge in [-0.05, 0) is 18.3 Å². The summed E-state index contributed by atoms with van der Waals surface area (Å²) in [7, 11) is 0. The van der Waals surface area contributed by atoms with Crippen LogP contribution in [-0.4, -0.2) is 42.4 Å². The van der Waals surface area contributed by atoms with Crippen LogP contribution in [0.2, 0.25) is 0 Å². The van der Waals surface area contributed by atoms with E-state index in [9.17, 15) is 9.59 Å². The highest BCUT2D eigenvalue weighted by atomic mass is 16.5. The van der Waals surface area contributed by atoms with Gasteiger partial charge in [-0.3, -0.25) is 0 Å². The van der Waals surface area contributed by atoms with Crippen LogP contribution < -0.4 is 10.6 Å². The molecule has 1 aliphatic heterocycles. The molecule has 0 aromatic heterocycles. The van der Waals surface area contributed by atoms with Crippen LogP contribution in [0.1, 0.15) is 33.6 Å². The van der Waals surface area contributed by atoms with Crippen LogP contribution in [0.15, 0.2) is 0 Å². The van der Waals surface area contributed by atoms with E-state index in [0.717, 1.165) is 12.8 Å². The fourth-order valence-corrected chi connectivity index (χ4v) is 1.85. The summed E-state index contributed by atoms with van der Waals surface area (Å²) in [6, 6.07) is -1.27. The van der Waals surface area contributed by atoms with Gasteiger partial charge in [0.25, 0.3) is 0 Å². The fraction of sp³-hybridized carbons (Fsp3) is 0.833. The molecule has 0 aromatic carbocycles. The van der Waals surface area contributed by atoms with Crippen molar-refractivity contribution in [1.82, 2.24) is 10.6 Å². The Bertz CT molecular complexity index is 306. The number of urea groups is 1. The summed E-state index contributed by atoms with van der Waals surface area (Å²) >= 11 is 0. The van der Waals surface area contributed by atoms with Gasteiger partial charge in [-0.2, -0.15) is 0 Å². The van der Waals surface area contributed by atoms with Crippen molar-refractivity contribution in [3.05, 3.63) is 0 Å². The number of hydrogen-bond donors (Lipinski definition) is 3. The summed E-state index contributed by atoms with van der Waals surface area (Å²) in [6.45, 7) is 6.60. The third kappa shape index (κ3) is 4.52. The maximum Gasteiger partial charge on any atom is 0.326 e. The van der Waals surface area contributed by atoms with Crippen LogP contribution in [0.5, 0.6) is 0 Å². The number of carbonyl (C=O) groups excluding carboxylic acids is 1. The lowest BCUT2D eigenvalue weighted by Gasteiger charge is -2.29. The van der Waals surface area contributed by atoms with Gasteiger partial charge in [-0.25, -0.2) is 9.59 Å². The van der Waals surface area contributed by atoms with Gasteiger partial charge < -0.3 is 20.5 Å². The summed E-state index contributed by atoms with van der Waals surface area (Å²) in [5.74, 6) is -1.02. The molecule has 104 valence electrons. The number of nitrogens with one attached hydrogen (secondary N) is 2. The van der Waals surface area contributed by atoms with Crippen molar-refractivity contribution in [1.29, 1.82) is 0 Å². The Labute approximate surface area is 107 Å². The molecule has 0 saturated carbocycles. The molecule has 0 aliphatic carbocycles. The molecule has 0 unspecified atom stereocenters. The first-order chi connectivity index (χ1) is 8.30. The van der Waals surface area contributed by atoms with E-state index in [1.807, 2.05) is 0 Å². The van der Waals surface area contributed by atoms with Gasteiger partial charge in [-0.1, -0.05) is 20.8 Å². The first-order valence-corrected chi connectivity index (χ1v) is 6.18. The first-order valence-electron chi connectivity index (χ1n) is 6.18. The largest absolute Gasteiger partial charge is 0.480 e. The highest BCUT2D eigenvalue weighted by Gasteiger charge is 2.33. The fourth-order valence-electron chi connectivity index (χ4n) is 1.85. The second-order valence-corrected chi connectivity index (χ2v) is 5.64. The van der Waals surface area contributed by atoms with Crippen LogP contribution >= 0.6 is 0 Å². The average Bonchev–Trinajstić information content (AvgIpc) is 2.25. The summed E-state index contributed by atoms with van der Waals surface area (Å²) in [4.78, 5) is 22.9. The quantitative estimate of drug-likeness (QED) is 0.703. The van der Waals surface area contributed by atoms with E-state index in [4.69, 9.17) is 9.84 Å². The Morgan fingerprint density at radius 3 is 2.28 bits per heavy atom. The Kier molecular flexibility index (Phi) is 4.95. The molecule has 1 saturated heterocycles. The van der Waals surface area contributed by atoms with Crippen molar-refractivity contribution in [2.24, 2.45) is 5.41 Å². The normalized spacial score (nSPS) is 19.1. The molecule has 1 rings (SSSR count). The topological polar surface area (TPSA) is 87.7 Å². The lowest BCUT2D eigenvalue weighted by Crippen LogP contribution is -2.54. The zero-order chi connectivity index (χ0) is 13.8. The van der Waals surface area contributed by atoms with Crippen LogP contribution in [0.25, 0.3) is 0 Å². The van der Waals surface area contributed by atoms with E-state index in [1.54, 1.807) is 20.8 Å². The van der Waals surface area contributed by atoms with Crippen LogP contribution in [-0.2, 0) is 9.53 Å². The molecule has 0 aromatic rings. The van der Waals surface area contributed by atoms with E-state index in [2.05, 4.69) is 10.6 Å². The van der Waals surface area contributed by atoms with E-state index in [1.165, 1.54) is 0 Å². The second kappa shape index (κ2) is 6.04. The molecule has 6 heteroatoms. The van der Waals surface area contributed by atoms with Crippen molar-refractivity contribution < 1.29 is 19.4 Å². The lowest BCUT2D eigenvalue weighted by atomic mass is 9.87. The summed E-state index contributed by atoms with van der Waals surface area (Å²) in [5, 5.41) is 14.4. The van der Waals surface area contributed by atoms with Crippen molar-refractivity contribution >= 4 is 12.0 Å². The number of rotatable bonds is 3. The molecule has 1 heterocycles. The predicted octanol–water partition coefficient (Wildman–Crippen LogP) is 0.964. The number of aliphatic carboxylic acids is 1. The van der Waals surface area contributed by atoms with Crippen molar-refractivity contribution in [3.63, 3.8) is 0 Å². The van der Waals surface area contributed by atoms with Crippen LogP contribution in [0, 0.1) is 5.41 Å². The van der Waals surface area contributed by atoms with Crippen molar-refractivity contribution in [2.75, 3.05) is 13.2 Å². The third-order valence-electron chi connectivity index (χ3n) is 2.94. The Morgan fingerprint density at radius 2 is 1.83 bits per heavy atom. The minimum absolute atomic E-state index is 0.0631. The summed E-state index contributed by atoms with van der Waals surface area (Å²) in [5.41, 5.74) is -0.529. The highest BCUT2D eigenvalue weighted by molar-refractivity contribution is 5.83. The van der Waals surface area contributed by atoms with E-state index in [-0.39, 0.29) is 6.04 Å². The number of carbonyl (C=O) groups is 2. The molecule has 3 N–H and O–H groups in total. The van der Waals surface area contributed by atoms with Gasteiger partial charge in [0.1, 0.15) is 6.04 Å². The molecule has 1 aliphatic rings. The van der Waals surface area contributed by atoms with Gasteiger partial charge in [0.15, 0.2) is 0 Å². The number of ether oxygens (including phenoxy) is 1. The van der Waals surface area contributed by atoms with Gasteiger partial charge in [-0.15, -0.1) is 0 Å². The smallest absolute Gasteiger partial charge is 0.326 e. The second-order valence-electron chi connectivity index (χ2n) is 5.64. The molecular weight excluding hydrogens is 236 g/mol. The molecule has 0 bridgehead atoms. The van der Waals surface area contributed by atoms with E-state index < -0.39 is 23.5 Å². The number of hydrogen-bond acceptors (Lipinski definition) is 3. The lowest BCUT2D eigenvalue weighted by molar-refractivity contribution is -0.141. The minimum Gasteiger partial charge on any atom is -0.480 e. The molecular formula is C12H22N2O4. The van der Waals surface area contributed by atoms with Gasteiger partial charge >= 0.3 is 12.0 Å². The monoisotopic (exact) mass is 258 g/mol. The third-order valence-corrected chi connectivity index (χ3v) is 2.94. The Hall–Kier alpha value is -1.30. The molecule has 2 amide bonds. The number of carboxylic acids is 1. The zero-order valence-electron chi connectivity index (χ0n) is 11.2. The maximum atomic E-state index is 11.7. The van der Waals surface area contributed by atoms with Crippen LogP contribution in [0.3, 0.4) is 0 Å². The summed E-state index contributed by atoms with van der Waals surface area (Å²) < 4.78 is 5.19. The average molecular weight is 258 g/mol. The Balaban J connectivity index is 2.48.